The summed E-state index contributed by atoms with van der Waals surface area (Å²) in [7, 11) is 0. The molecule has 1 N–H and O–H groups in total. The van der Waals surface area contributed by atoms with Crippen LogP contribution in [0.25, 0.3) is 0 Å². The highest BCUT2D eigenvalue weighted by molar-refractivity contribution is 5.39. The maximum absolute atomic E-state index is 9.20. The van der Waals surface area contributed by atoms with Crippen molar-refractivity contribution in [3.05, 3.63) is 47.7 Å². The Labute approximate surface area is 192 Å². The van der Waals surface area contributed by atoms with Gasteiger partial charge >= 0.3 is 0 Å². The molecule has 2 aliphatic heterocycles. The number of nitrogens with one attached hydrogen (secondary N) is 1. The van der Waals surface area contributed by atoms with Crippen LogP contribution in [0.1, 0.15) is 51.6 Å². The van der Waals surface area contributed by atoms with Gasteiger partial charge < -0.3 is 10.1 Å². The third kappa shape index (κ3) is 5.78. The van der Waals surface area contributed by atoms with Gasteiger partial charge in [0, 0.05) is 44.9 Å². The third-order valence-electron chi connectivity index (χ3n) is 7.06. The van der Waals surface area contributed by atoms with Crippen molar-refractivity contribution in [2.75, 3.05) is 51.2 Å². The first-order valence-corrected chi connectivity index (χ1v) is 12.1. The van der Waals surface area contributed by atoms with Crippen molar-refractivity contribution in [2.45, 2.75) is 57.1 Å². The van der Waals surface area contributed by atoms with E-state index < -0.39 is 0 Å². The minimum Gasteiger partial charge on any atom is -0.375 e. The van der Waals surface area contributed by atoms with Crippen LogP contribution < -0.4 is 5.32 Å². The van der Waals surface area contributed by atoms with Gasteiger partial charge in [0.15, 0.2) is 0 Å². The summed E-state index contributed by atoms with van der Waals surface area (Å²) in [6.07, 6.45) is 12.3. The zero-order valence-corrected chi connectivity index (χ0v) is 19.6. The lowest BCUT2D eigenvalue weighted by molar-refractivity contribution is -0.116. The number of anilines is 1. The number of allylic oxidation sites excluding steroid dienone is 3. The Morgan fingerprint density at radius 2 is 2.12 bits per heavy atom. The Balaban J connectivity index is 1.46. The molecule has 3 aliphatic rings. The van der Waals surface area contributed by atoms with E-state index in [2.05, 4.69) is 58.2 Å². The van der Waals surface area contributed by atoms with Gasteiger partial charge in [0.2, 0.25) is 0 Å². The maximum atomic E-state index is 9.20. The first-order valence-electron chi connectivity index (χ1n) is 12.1. The molecule has 0 aromatic carbocycles. The van der Waals surface area contributed by atoms with Crippen LogP contribution in [0.2, 0.25) is 0 Å². The molecule has 172 valence electrons. The number of rotatable bonds is 6. The van der Waals surface area contributed by atoms with Crippen LogP contribution in [0.5, 0.6) is 0 Å². The maximum Gasteiger partial charge on any atom is 0.142 e. The van der Waals surface area contributed by atoms with E-state index in [9.17, 15) is 5.26 Å². The van der Waals surface area contributed by atoms with Gasteiger partial charge in [-0.1, -0.05) is 29.9 Å². The fourth-order valence-corrected chi connectivity index (χ4v) is 5.51. The normalized spacial score (nSPS) is 26.7. The highest BCUT2D eigenvalue weighted by Gasteiger charge is 2.45. The number of nitrogens with zero attached hydrogens (tertiary/aromatic N) is 4. The number of ether oxygens (including phenoxy) is 1. The van der Waals surface area contributed by atoms with E-state index in [1.807, 2.05) is 12.1 Å². The summed E-state index contributed by atoms with van der Waals surface area (Å²) >= 11 is 0. The first-order chi connectivity index (χ1) is 15.5. The van der Waals surface area contributed by atoms with Gasteiger partial charge in [0.25, 0.3) is 0 Å². The molecule has 2 saturated heterocycles. The third-order valence-corrected chi connectivity index (χ3v) is 7.06. The lowest BCUT2D eigenvalue weighted by atomic mass is 9.79. The number of nitriles is 1. The van der Waals surface area contributed by atoms with Crippen molar-refractivity contribution in [2.24, 2.45) is 0 Å². The molecule has 1 aromatic rings. The summed E-state index contributed by atoms with van der Waals surface area (Å²) in [6, 6.07) is 7.74. The Hall–Kier alpha value is -2.20. The standard InChI is InChI=1S/C26H37N5O/c1-25(2)20-26(12-17-32-25,21-28-24-11-6-10-23(18-27)29-24)31-14-7-13-30(15-16-31)19-22-8-4-3-5-9-22/h3-4,6,8,10-11H,5,7,9,12-17,19-21H2,1-2H3,(H,28,29)/t26-/m0/s1. The van der Waals surface area contributed by atoms with Crippen molar-refractivity contribution < 1.29 is 4.74 Å². The summed E-state index contributed by atoms with van der Waals surface area (Å²) in [6.45, 7) is 11.6. The first kappa shape index (κ1) is 23.0. The summed E-state index contributed by atoms with van der Waals surface area (Å²) in [5.41, 5.74) is 1.89. The Bertz CT molecular complexity index is 886. The van der Waals surface area contributed by atoms with E-state index in [1.54, 1.807) is 11.6 Å². The predicted octanol–water partition coefficient (Wildman–Crippen LogP) is 3.98. The molecule has 32 heavy (non-hydrogen) atoms. The highest BCUT2D eigenvalue weighted by atomic mass is 16.5. The average molecular weight is 436 g/mol. The van der Waals surface area contributed by atoms with Crippen LogP contribution in [-0.4, -0.2) is 71.8 Å². The molecule has 0 spiro atoms. The fraction of sp³-hybridized carbons (Fsp3) is 0.615. The molecule has 1 aliphatic carbocycles. The van der Waals surface area contributed by atoms with E-state index in [1.165, 1.54) is 19.3 Å². The summed E-state index contributed by atoms with van der Waals surface area (Å²) < 4.78 is 6.12. The molecule has 1 aromatic heterocycles. The van der Waals surface area contributed by atoms with Crippen LogP contribution in [0, 0.1) is 11.3 Å². The van der Waals surface area contributed by atoms with Gasteiger partial charge in [-0.05, 0) is 64.6 Å². The Morgan fingerprint density at radius 3 is 2.91 bits per heavy atom. The SMILES string of the molecule is CC1(C)C[C@@](CNc2cccc(C#N)n2)(N2CCCN(CC3=CC=CCC3)CC2)CCO1. The topological polar surface area (TPSA) is 64.4 Å². The second-order valence-electron chi connectivity index (χ2n) is 10.0. The van der Waals surface area contributed by atoms with Crippen molar-refractivity contribution in [3.8, 4) is 6.07 Å². The largest absolute Gasteiger partial charge is 0.375 e. The smallest absolute Gasteiger partial charge is 0.142 e. The zero-order chi connectivity index (χ0) is 22.4. The minimum absolute atomic E-state index is 0.0228. The Morgan fingerprint density at radius 1 is 1.22 bits per heavy atom. The van der Waals surface area contributed by atoms with Crippen molar-refractivity contribution >= 4 is 5.82 Å². The summed E-state index contributed by atoms with van der Waals surface area (Å²) in [4.78, 5) is 9.79. The lowest BCUT2D eigenvalue weighted by Crippen LogP contribution is -2.61. The van der Waals surface area contributed by atoms with Crippen LogP contribution in [-0.2, 0) is 4.74 Å². The van der Waals surface area contributed by atoms with Crippen LogP contribution in [0.15, 0.2) is 42.0 Å². The van der Waals surface area contributed by atoms with Gasteiger partial charge in [-0.25, -0.2) is 4.98 Å². The van der Waals surface area contributed by atoms with Crippen LogP contribution in [0.3, 0.4) is 0 Å². The van der Waals surface area contributed by atoms with E-state index in [4.69, 9.17) is 4.74 Å². The second kappa shape index (κ2) is 10.2. The van der Waals surface area contributed by atoms with Crippen LogP contribution in [0.4, 0.5) is 5.82 Å². The summed E-state index contributed by atoms with van der Waals surface area (Å²) in [5.74, 6) is 0.779. The fourth-order valence-electron chi connectivity index (χ4n) is 5.51. The van der Waals surface area contributed by atoms with Gasteiger partial charge in [-0.2, -0.15) is 5.26 Å². The molecular formula is C26H37N5O. The second-order valence-corrected chi connectivity index (χ2v) is 10.0. The molecule has 2 fully saturated rings. The van der Waals surface area contributed by atoms with E-state index in [0.29, 0.717) is 5.69 Å². The molecule has 3 heterocycles. The van der Waals surface area contributed by atoms with Crippen molar-refractivity contribution in [3.63, 3.8) is 0 Å². The number of hydrogen-bond donors (Lipinski definition) is 1. The molecule has 4 rings (SSSR count). The predicted molar refractivity (Wildman–Crippen MR) is 129 cm³/mol. The molecule has 0 radical (unpaired) electrons. The average Bonchev–Trinajstić information content (AvgIpc) is 3.04. The molecule has 0 bridgehead atoms. The van der Waals surface area contributed by atoms with Crippen molar-refractivity contribution in [1.82, 2.24) is 14.8 Å². The molecule has 6 nitrogen and oxygen atoms in total. The zero-order valence-electron chi connectivity index (χ0n) is 19.6. The lowest BCUT2D eigenvalue weighted by Gasteiger charge is -2.51. The van der Waals surface area contributed by atoms with E-state index in [-0.39, 0.29) is 11.1 Å². The molecule has 0 amide bonds. The minimum atomic E-state index is -0.146. The molecular weight excluding hydrogens is 398 g/mol. The highest BCUT2D eigenvalue weighted by Crippen LogP contribution is 2.37. The number of hydrogen-bond acceptors (Lipinski definition) is 6. The summed E-state index contributed by atoms with van der Waals surface area (Å²) in [5, 5.41) is 12.8. The Kier molecular flexibility index (Phi) is 7.30. The van der Waals surface area contributed by atoms with Gasteiger partial charge in [-0.15, -0.1) is 0 Å². The van der Waals surface area contributed by atoms with Crippen LogP contribution >= 0.6 is 0 Å². The monoisotopic (exact) mass is 435 g/mol. The van der Waals surface area contributed by atoms with Gasteiger partial charge in [0.05, 0.1) is 5.60 Å². The number of aromatic nitrogens is 1. The molecule has 6 heteroatoms. The molecule has 0 unspecified atom stereocenters. The van der Waals surface area contributed by atoms with Gasteiger partial charge in [0.1, 0.15) is 17.6 Å². The van der Waals surface area contributed by atoms with Gasteiger partial charge in [-0.3, -0.25) is 9.80 Å². The van der Waals surface area contributed by atoms with E-state index >= 15 is 0 Å². The molecule has 0 saturated carbocycles. The number of pyridine rings is 1. The van der Waals surface area contributed by atoms with E-state index in [0.717, 1.165) is 64.5 Å². The quantitative estimate of drug-likeness (QED) is 0.729. The molecule has 1 atom stereocenters. The van der Waals surface area contributed by atoms with Crippen molar-refractivity contribution in [1.29, 1.82) is 5.26 Å².